The third-order valence-corrected chi connectivity index (χ3v) is 4.19. The summed E-state index contributed by atoms with van der Waals surface area (Å²) in [7, 11) is 0. The van der Waals surface area contributed by atoms with Crippen LogP contribution in [-0.4, -0.2) is 10.4 Å². The van der Waals surface area contributed by atoms with E-state index < -0.39 is 0 Å². The zero-order valence-corrected chi connectivity index (χ0v) is 10.1. The maximum absolute atomic E-state index is 11.8. The first-order valence-corrected chi connectivity index (χ1v) is 6.46. The van der Waals surface area contributed by atoms with Gasteiger partial charge in [0.25, 0.3) is 0 Å². The normalized spacial score (nSPS) is 28.0. The van der Waals surface area contributed by atoms with E-state index >= 15 is 0 Å². The molecule has 1 aromatic heterocycles. The predicted octanol–water partition coefficient (Wildman–Crippen LogP) is 3.29. The van der Waals surface area contributed by atoms with Gasteiger partial charge in [0.1, 0.15) is 0 Å². The molecule has 0 aromatic carbocycles. The molecule has 0 saturated heterocycles. The van der Waals surface area contributed by atoms with Crippen LogP contribution in [0.25, 0.3) is 0 Å². The molecule has 3 rings (SSSR count). The predicted molar refractivity (Wildman–Crippen MR) is 63.9 cm³/mol. The van der Waals surface area contributed by atoms with Crippen molar-refractivity contribution in [3.8, 4) is 0 Å². The molecule has 86 valence electrons. The van der Waals surface area contributed by atoms with E-state index in [-0.39, 0.29) is 0 Å². The largest absolute Gasteiger partial charge is 0.345 e. The fourth-order valence-corrected chi connectivity index (χ4v) is 3.20. The van der Waals surface area contributed by atoms with Gasteiger partial charge in [0.2, 0.25) is 0 Å². The lowest BCUT2D eigenvalue weighted by Crippen LogP contribution is -2.13. The summed E-state index contributed by atoms with van der Waals surface area (Å²) >= 11 is 0. The monoisotopic (exact) mass is 217 g/mol. The SMILES string of the molecule is CCC1CC1n1c(C)cc2c1CCCC2=O. The van der Waals surface area contributed by atoms with Crippen molar-refractivity contribution in [2.24, 2.45) is 5.92 Å². The summed E-state index contributed by atoms with van der Waals surface area (Å²) in [6, 6.07) is 2.81. The van der Waals surface area contributed by atoms with Gasteiger partial charge in [0.05, 0.1) is 0 Å². The zero-order valence-electron chi connectivity index (χ0n) is 10.1. The Balaban J connectivity index is 2.02. The van der Waals surface area contributed by atoms with Gasteiger partial charge < -0.3 is 4.57 Å². The fourth-order valence-electron chi connectivity index (χ4n) is 3.20. The van der Waals surface area contributed by atoms with Crippen molar-refractivity contribution in [2.45, 2.75) is 52.0 Å². The van der Waals surface area contributed by atoms with Crippen LogP contribution < -0.4 is 0 Å². The van der Waals surface area contributed by atoms with Gasteiger partial charge in [-0.3, -0.25) is 4.79 Å². The lowest BCUT2D eigenvalue weighted by Gasteiger charge is -2.16. The van der Waals surface area contributed by atoms with Gasteiger partial charge in [-0.2, -0.15) is 0 Å². The molecule has 1 fully saturated rings. The molecule has 2 atom stereocenters. The average molecular weight is 217 g/mol. The molecule has 0 bridgehead atoms. The second-order valence-electron chi connectivity index (χ2n) is 5.26. The van der Waals surface area contributed by atoms with Crippen LogP contribution in [-0.2, 0) is 6.42 Å². The van der Waals surface area contributed by atoms with Crippen molar-refractivity contribution in [3.05, 3.63) is 23.0 Å². The molecular weight excluding hydrogens is 198 g/mol. The van der Waals surface area contributed by atoms with Crippen molar-refractivity contribution in [1.82, 2.24) is 4.57 Å². The lowest BCUT2D eigenvalue weighted by atomic mass is 9.96. The Bertz CT molecular complexity index is 444. The van der Waals surface area contributed by atoms with E-state index in [0.29, 0.717) is 11.8 Å². The number of aryl methyl sites for hydroxylation is 1. The molecule has 2 heteroatoms. The van der Waals surface area contributed by atoms with Crippen molar-refractivity contribution in [2.75, 3.05) is 0 Å². The molecule has 0 amide bonds. The third kappa shape index (κ3) is 1.35. The number of nitrogens with zero attached hydrogens (tertiary/aromatic N) is 1. The minimum Gasteiger partial charge on any atom is -0.345 e. The van der Waals surface area contributed by atoms with Crippen molar-refractivity contribution >= 4 is 5.78 Å². The van der Waals surface area contributed by atoms with Gasteiger partial charge in [0.15, 0.2) is 5.78 Å². The van der Waals surface area contributed by atoms with Crippen LogP contribution in [0.1, 0.15) is 60.4 Å². The molecule has 2 unspecified atom stereocenters. The molecule has 0 N–H and O–H groups in total. The molecule has 0 spiro atoms. The van der Waals surface area contributed by atoms with Gasteiger partial charge in [0, 0.05) is 29.4 Å². The van der Waals surface area contributed by atoms with Crippen molar-refractivity contribution < 1.29 is 4.79 Å². The summed E-state index contributed by atoms with van der Waals surface area (Å²) in [5, 5.41) is 0. The number of rotatable bonds is 2. The lowest BCUT2D eigenvalue weighted by molar-refractivity contribution is 0.0971. The maximum Gasteiger partial charge on any atom is 0.164 e. The average Bonchev–Trinajstić information content (AvgIpc) is 2.95. The zero-order chi connectivity index (χ0) is 11.3. The highest BCUT2D eigenvalue weighted by atomic mass is 16.1. The smallest absolute Gasteiger partial charge is 0.164 e. The molecule has 1 aromatic rings. The molecule has 2 nitrogen and oxygen atoms in total. The third-order valence-electron chi connectivity index (χ3n) is 4.19. The van der Waals surface area contributed by atoms with E-state index in [9.17, 15) is 4.79 Å². The quantitative estimate of drug-likeness (QED) is 0.745. The van der Waals surface area contributed by atoms with Crippen LogP contribution in [0.15, 0.2) is 6.07 Å². The Morgan fingerprint density at radius 2 is 2.25 bits per heavy atom. The van der Waals surface area contributed by atoms with Crippen LogP contribution in [0.3, 0.4) is 0 Å². The molecule has 0 radical (unpaired) electrons. The molecule has 2 aliphatic rings. The van der Waals surface area contributed by atoms with Crippen molar-refractivity contribution in [1.29, 1.82) is 0 Å². The minimum absolute atomic E-state index is 0.358. The molecular formula is C14H19NO. The second kappa shape index (κ2) is 3.47. The van der Waals surface area contributed by atoms with Crippen molar-refractivity contribution in [3.63, 3.8) is 0 Å². The highest BCUT2D eigenvalue weighted by Gasteiger charge is 2.39. The summed E-state index contributed by atoms with van der Waals surface area (Å²) in [6.07, 6.45) is 5.47. The standard InChI is InChI=1S/C14H19NO/c1-3-10-8-13(10)15-9(2)7-11-12(15)5-4-6-14(11)16/h7,10,13H,3-6,8H2,1-2H3. The number of carbonyl (C=O) groups is 1. The van der Waals surface area contributed by atoms with Crippen LogP contribution in [0.4, 0.5) is 0 Å². The fraction of sp³-hybridized carbons (Fsp3) is 0.643. The van der Waals surface area contributed by atoms with Gasteiger partial charge in [-0.15, -0.1) is 0 Å². The Morgan fingerprint density at radius 3 is 2.94 bits per heavy atom. The summed E-state index contributed by atoms with van der Waals surface area (Å²) in [4.78, 5) is 11.8. The Hall–Kier alpha value is -1.05. The van der Waals surface area contributed by atoms with Gasteiger partial charge >= 0.3 is 0 Å². The minimum atomic E-state index is 0.358. The molecule has 1 heterocycles. The van der Waals surface area contributed by atoms with E-state index in [0.717, 1.165) is 30.7 Å². The molecule has 1 saturated carbocycles. The number of aromatic nitrogens is 1. The second-order valence-corrected chi connectivity index (χ2v) is 5.26. The molecule has 0 aliphatic heterocycles. The van der Waals surface area contributed by atoms with Crippen LogP contribution >= 0.6 is 0 Å². The number of fused-ring (bicyclic) bond motifs is 1. The van der Waals surface area contributed by atoms with Gasteiger partial charge in [-0.05, 0) is 38.2 Å². The van der Waals surface area contributed by atoms with E-state index in [4.69, 9.17) is 0 Å². The molecule has 2 aliphatic carbocycles. The number of hydrogen-bond acceptors (Lipinski definition) is 1. The summed E-state index contributed by atoms with van der Waals surface area (Å²) in [6.45, 7) is 4.41. The van der Waals surface area contributed by atoms with E-state index in [1.807, 2.05) is 0 Å². The first-order chi connectivity index (χ1) is 7.72. The first-order valence-electron chi connectivity index (χ1n) is 6.46. The number of hydrogen-bond donors (Lipinski definition) is 0. The molecule has 16 heavy (non-hydrogen) atoms. The van der Waals surface area contributed by atoms with Crippen LogP contribution in [0, 0.1) is 12.8 Å². The van der Waals surface area contributed by atoms with E-state index in [1.165, 1.54) is 24.2 Å². The van der Waals surface area contributed by atoms with E-state index in [2.05, 4.69) is 24.5 Å². The Kier molecular flexibility index (Phi) is 2.20. The summed E-state index contributed by atoms with van der Waals surface area (Å²) < 4.78 is 2.46. The van der Waals surface area contributed by atoms with Crippen LogP contribution in [0.2, 0.25) is 0 Å². The number of Topliss-reactive ketones (excluding diaryl/α,β-unsaturated/α-hetero) is 1. The maximum atomic E-state index is 11.8. The summed E-state index contributed by atoms with van der Waals surface area (Å²) in [5.74, 6) is 1.21. The highest BCUT2D eigenvalue weighted by Crippen LogP contribution is 2.48. The Morgan fingerprint density at radius 1 is 1.44 bits per heavy atom. The number of carbonyl (C=O) groups excluding carboxylic acids is 1. The van der Waals surface area contributed by atoms with Crippen LogP contribution in [0.5, 0.6) is 0 Å². The first kappa shape index (κ1) is 10.1. The summed E-state index contributed by atoms with van der Waals surface area (Å²) in [5.41, 5.74) is 3.64. The Labute approximate surface area is 96.6 Å². The van der Waals surface area contributed by atoms with Gasteiger partial charge in [-0.25, -0.2) is 0 Å². The number of ketones is 1. The topological polar surface area (TPSA) is 22.0 Å². The van der Waals surface area contributed by atoms with Gasteiger partial charge in [-0.1, -0.05) is 13.3 Å². The van der Waals surface area contributed by atoms with E-state index in [1.54, 1.807) is 0 Å². The highest BCUT2D eigenvalue weighted by molar-refractivity contribution is 5.98.